The summed E-state index contributed by atoms with van der Waals surface area (Å²) in [6.07, 6.45) is 1.72. The number of rotatable bonds is 1. The minimum Gasteiger partial charge on any atom is -0.481 e. The van der Waals surface area contributed by atoms with Crippen molar-refractivity contribution in [2.24, 2.45) is 4.99 Å². The first kappa shape index (κ1) is 16.2. The van der Waals surface area contributed by atoms with E-state index < -0.39 is 5.97 Å². The van der Waals surface area contributed by atoms with Crippen LogP contribution in [0.5, 0.6) is 0 Å². The first-order valence-corrected chi connectivity index (χ1v) is 4.97. The predicted octanol–water partition coefficient (Wildman–Crippen LogP) is 1.76. The van der Waals surface area contributed by atoms with E-state index in [1.807, 2.05) is 42.5 Å². The van der Waals surface area contributed by atoms with Gasteiger partial charge in [0.2, 0.25) is 0 Å². The molecule has 1 heterocycles. The van der Waals surface area contributed by atoms with E-state index in [1.54, 1.807) is 6.20 Å². The van der Waals surface area contributed by atoms with Crippen LogP contribution in [0.2, 0.25) is 0 Å². The number of hydrogen-bond acceptors (Lipinski definition) is 2. The number of carbonyl (C=O) groups is 1. The second kappa shape index (κ2) is 9.22. The Morgan fingerprint density at radius 3 is 2.44 bits per heavy atom. The van der Waals surface area contributed by atoms with E-state index in [0.29, 0.717) is 5.49 Å². The molecule has 0 aliphatic heterocycles. The van der Waals surface area contributed by atoms with Gasteiger partial charge in [0, 0.05) is 6.92 Å². The van der Waals surface area contributed by atoms with E-state index in [-0.39, 0.29) is 17.1 Å². The standard InChI is InChI=1S/C11H8N2.C2H4O2.Cu/c1-2-6-10(7-3-1)13-11-8-4-5-9-12-11;1-2(3)4;/h1-6,8-9H;1H3,(H,3,4);/q-2;;+2. The number of pyridine rings is 1. The Hall–Kier alpha value is -1.84. The molecule has 4 nitrogen and oxygen atoms in total. The summed E-state index contributed by atoms with van der Waals surface area (Å²) < 4.78 is 0. The van der Waals surface area contributed by atoms with Crippen LogP contribution in [0.25, 0.3) is 0 Å². The second-order valence-corrected chi connectivity index (χ2v) is 3.07. The maximum Gasteiger partial charge on any atom is 2.00 e. The van der Waals surface area contributed by atoms with E-state index in [2.05, 4.69) is 16.0 Å². The number of benzene rings is 1. The van der Waals surface area contributed by atoms with Crippen molar-refractivity contribution in [3.63, 3.8) is 0 Å². The van der Waals surface area contributed by atoms with Crippen molar-refractivity contribution in [3.8, 4) is 0 Å². The van der Waals surface area contributed by atoms with Gasteiger partial charge in [0.1, 0.15) is 0 Å². The van der Waals surface area contributed by atoms with Crippen LogP contribution in [0.4, 0.5) is 5.69 Å². The molecule has 0 atom stereocenters. The Morgan fingerprint density at radius 2 is 1.94 bits per heavy atom. The van der Waals surface area contributed by atoms with Crippen LogP contribution >= 0.6 is 0 Å². The summed E-state index contributed by atoms with van der Waals surface area (Å²) in [7, 11) is 0. The molecule has 0 bridgehead atoms. The quantitative estimate of drug-likeness (QED) is 0.643. The molecular weight excluding hydrogens is 280 g/mol. The Bertz CT molecular complexity index is 502. The van der Waals surface area contributed by atoms with Crippen molar-refractivity contribution < 1.29 is 27.0 Å². The maximum atomic E-state index is 9.00. The van der Waals surface area contributed by atoms with Crippen LogP contribution in [-0.4, -0.2) is 11.1 Å². The SMILES string of the molecule is CC(=O)O.[Cu+2].[c-]1ccccc1N=c1cccc[n-]1. The maximum absolute atomic E-state index is 9.00. The Morgan fingerprint density at radius 1 is 1.28 bits per heavy atom. The van der Waals surface area contributed by atoms with Gasteiger partial charge in [-0.05, 0) is 0 Å². The Labute approximate surface area is 116 Å². The molecule has 0 fully saturated rings. The van der Waals surface area contributed by atoms with E-state index >= 15 is 0 Å². The van der Waals surface area contributed by atoms with Gasteiger partial charge in [-0.15, -0.1) is 0 Å². The number of carboxylic acids is 1. The summed E-state index contributed by atoms with van der Waals surface area (Å²) in [5.74, 6) is -0.833. The normalized spacial score (nSPS) is 9.72. The molecule has 97 valence electrons. The van der Waals surface area contributed by atoms with E-state index in [0.717, 1.165) is 12.6 Å². The third-order valence-corrected chi connectivity index (χ3v) is 1.58. The third kappa shape index (κ3) is 7.44. The number of carboxylic acid groups (broad SMARTS) is 1. The summed E-state index contributed by atoms with van der Waals surface area (Å²) in [6, 6.07) is 16.2. The first-order valence-electron chi connectivity index (χ1n) is 4.97. The average molecular weight is 292 g/mol. The minimum absolute atomic E-state index is 0. The van der Waals surface area contributed by atoms with Crippen LogP contribution in [0.15, 0.2) is 53.7 Å². The molecule has 0 unspecified atom stereocenters. The van der Waals surface area contributed by atoms with Crippen molar-refractivity contribution in [1.29, 1.82) is 0 Å². The van der Waals surface area contributed by atoms with Gasteiger partial charge >= 0.3 is 17.1 Å². The van der Waals surface area contributed by atoms with Crippen LogP contribution in [0.3, 0.4) is 0 Å². The van der Waals surface area contributed by atoms with Gasteiger partial charge in [0.25, 0.3) is 5.97 Å². The summed E-state index contributed by atoms with van der Waals surface area (Å²) in [6.45, 7) is 1.08. The molecule has 0 saturated heterocycles. The Kier molecular flexibility index (Phi) is 8.27. The van der Waals surface area contributed by atoms with Crippen LogP contribution in [0.1, 0.15) is 6.92 Å². The van der Waals surface area contributed by atoms with Gasteiger partial charge < -0.3 is 15.1 Å². The zero-order valence-electron chi connectivity index (χ0n) is 9.67. The van der Waals surface area contributed by atoms with Crippen molar-refractivity contribution in [2.75, 3.05) is 0 Å². The molecule has 0 aliphatic carbocycles. The smallest absolute Gasteiger partial charge is 0.481 e. The number of aliphatic carboxylic acids is 1. The van der Waals surface area contributed by atoms with Crippen molar-refractivity contribution in [3.05, 3.63) is 60.2 Å². The van der Waals surface area contributed by atoms with E-state index in [9.17, 15) is 0 Å². The summed E-state index contributed by atoms with van der Waals surface area (Å²) in [5.41, 5.74) is 1.52. The molecule has 1 aromatic carbocycles. The summed E-state index contributed by atoms with van der Waals surface area (Å²) in [4.78, 5) is 17.4. The van der Waals surface area contributed by atoms with Gasteiger partial charge in [-0.2, -0.15) is 36.0 Å². The zero-order chi connectivity index (χ0) is 12.5. The molecule has 1 aromatic heterocycles. The topological polar surface area (TPSA) is 63.8 Å². The molecular formula is C13H12CuN2O2. The first-order chi connectivity index (χ1) is 8.18. The summed E-state index contributed by atoms with van der Waals surface area (Å²) in [5, 5.41) is 7.42. The fourth-order valence-corrected chi connectivity index (χ4v) is 0.997. The summed E-state index contributed by atoms with van der Waals surface area (Å²) >= 11 is 0. The molecule has 1 radical (unpaired) electrons. The van der Waals surface area contributed by atoms with Gasteiger partial charge in [0.15, 0.2) is 0 Å². The zero-order valence-corrected chi connectivity index (χ0v) is 10.6. The molecule has 0 saturated carbocycles. The number of hydrogen-bond donors (Lipinski definition) is 1. The molecule has 18 heavy (non-hydrogen) atoms. The monoisotopic (exact) mass is 291 g/mol. The largest absolute Gasteiger partial charge is 2.00 e. The fourth-order valence-electron chi connectivity index (χ4n) is 0.997. The van der Waals surface area contributed by atoms with Crippen molar-refractivity contribution in [2.45, 2.75) is 6.92 Å². The van der Waals surface area contributed by atoms with Gasteiger partial charge in [0.05, 0.1) is 0 Å². The minimum atomic E-state index is -0.833. The van der Waals surface area contributed by atoms with E-state index in [4.69, 9.17) is 9.90 Å². The fraction of sp³-hybridized carbons (Fsp3) is 0.0769. The molecule has 0 amide bonds. The molecule has 1 N–H and O–H groups in total. The molecule has 2 rings (SSSR count). The molecule has 5 heteroatoms. The van der Waals surface area contributed by atoms with Crippen molar-refractivity contribution in [1.82, 2.24) is 4.98 Å². The van der Waals surface area contributed by atoms with Gasteiger partial charge in [-0.25, -0.2) is 0 Å². The average Bonchev–Trinajstić information content (AvgIpc) is 2.31. The van der Waals surface area contributed by atoms with Crippen LogP contribution in [-0.2, 0) is 21.9 Å². The van der Waals surface area contributed by atoms with Gasteiger partial charge in [-0.3, -0.25) is 4.79 Å². The second-order valence-electron chi connectivity index (χ2n) is 3.07. The molecule has 2 aromatic rings. The molecule has 0 aliphatic rings. The van der Waals surface area contributed by atoms with E-state index in [1.165, 1.54) is 0 Å². The van der Waals surface area contributed by atoms with Crippen LogP contribution in [0, 0.1) is 6.07 Å². The Balaban J connectivity index is 0.000000512. The number of aromatic nitrogens is 1. The van der Waals surface area contributed by atoms with Crippen molar-refractivity contribution >= 4 is 11.7 Å². The molecule has 0 spiro atoms. The third-order valence-electron chi connectivity index (χ3n) is 1.58. The van der Waals surface area contributed by atoms with Gasteiger partial charge in [-0.1, -0.05) is 29.9 Å². The predicted molar refractivity (Wildman–Crippen MR) is 63.6 cm³/mol. The number of para-hydroxylation sites is 1. The van der Waals surface area contributed by atoms with Crippen LogP contribution < -0.4 is 10.5 Å². The number of nitrogens with zero attached hydrogens (tertiary/aromatic N) is 2.